The maximum Gasteiger partial charge on any atom is 0.273 e. The van der Waals surface area contributed by atoms with E-state index in [1.807, 2.05) is 6.07 Å². The topological polar surface area (TPSA) is 145 Å². The molecule has 1 fully saturated rings. The van der Waals surface area contributed by atoms with Gasteiger partial charge in [0.05, 0.1) is 0 Å². The number of hydrogen-bond donors (Lipinski definition) is 4. The number of anilines is 3. The summed E-state index contributed by atoms with van der Waals surface area (Å²) >= 11 is 0. The van der Waals surface area contributed by atoms with E-state index in [9.17, 15) is 10.0 Å². The van der Waals surface area contributed by atoms with Gasteiger partial charge in [-0.1, -0.05) is 0 Å². The molecule has 0 saturated carbocycles. The van der Waals surface area contributed by atoms with Gasteiger partial charge in [0.1, 0.15) is 0 Å². The van der Waals surface area contributed by atoms with Crippen molar-refractivity contribution in [1.29, 1.82) is 0 Å². The van der Waals surface area contributed by atoms with Crippen LogP contribution in [0.15, 0.2) is 36.5 Å². The van der Waals surface area contributed by atoms with Crippen LogP contribution in [0.5, 0.6) is 0 Å². The van der Waals surface area contributed by atoms with Crippen molar-refractivity contribution in [2.24, 2.45) is 5.73 Å². The van der Waals surface area contributed by atoms with E-state index in [4.69, 9.17) is 5.73 Å². The third kappa shape index (κ3) is 3.76. The van der Waals surface area contributed by atoms with E-state index in [0.717, 1.165) is 36.0 Å². The number of nitrogens with one attached hydrogen (secondary N) is 3. The highest BCUT2D eigenvalue weighted by molar-refractivity contribution is 5.96. The average molecular weight is 380 g/mol. The molecular weight excluding hydrogens is 360 g/mol. The van der Waals surface area contributed by atoms with Crippen LogP contribution in [-0.4, -0.2) is 40.2 Å². The number of fused-ring (bicyclic) bond motifs is 1. The van der Waals surface area contributed by atoms with Crippen LogP contribution in [0, 0.1) is 5.21 Å². The van der Waals surface area contributed by atoms with E-state index in [1.165, 1.54) is 6.20 Å². The Morgan fingerprint density at radius 3 is 3.00 bits per heavy atom. The van der Waals surface area contributed by atoms with Crippen LogP contribution in [0.4, 0.5) is 17.5 Å². The summed E-state index contributed by atoms with van der Waals surface area (Å²) < 4.78 is 0.792. The van der Waals surface area contributed by atoms with Crippen LogP contribution >= 0.6 is 0 Å². The van der Waals surface area contributed by atoms with Gasteiger partial charge in [-0.2, -0.15) is 9.71 Å². The SMILES string of the molecule is NC(=O)c1nnc(N[C@H]2CCCNC2)nc1Nc1ccc2c(ccc[n+]2[O-])c1. The van der Waals surface area contributed by atoms with Crippen LogP contribution < -0.4 is 26.4 Å². The third-order valence-corrected chi connectivity index (χ3v) is 4.58. The summed E-state index contributed by atoms with van der Waals surface area (Å²) in [5.74, 6) is -0.204. The number of pyridine rings is 1. The molecule has 1 aliphatic heterocycles. The second-order valence-electron chi connectivity index (χ2n) is 6.62. The molecule has 2 aromatic heterocycles. The van der Waals surface area contributed by atoms with Gasteiger partial charge in [0.2, 0.25) is 11.5 Å². The van der Waals surface area contributed by atoms with Crippen LogP contribution in [0.1, 0.15) is 23.3 Å². The molecular formula is C18H20N8O2. The number of carbonyl (C=O) groups excluding carboxylic acids is 1. The van der Waals surface area contributed by atoms with Gasteiger partial charge in [-0.25, -0.2) is 0 Å². The largest absolute Gasteiger partial charge is 0.618 e. The smallest absolute Gasteiger partial charge is 0.273 e. The molecule has 1 aliphatic rings. The number of carbonyl (C=O) groups is 1. The number of piperidine rings is 1. The summed E-state index contributed by atoms with van der Waals surface area (Å²) in [5, 5.41) is 30.1. The van der Waals surface area contributed by atoms with Crippen molar-refractivity contribution in [2.75, 3.05) is 23.7 Å². The first-order valence-corrected chi connectivity index (χ1v) is 9.01. The van der Waals surface area contributed by atoms with Crippen LogP contribution in [-0.2, 0) is 0 Å². The molecule has 1 aromatic carbocycles. The first kappa shape index (κ1) is 17.9. The molecule has 28 heavy (non-hydrogen) atoms. The number of rotatable bonds is 5. The molecule has 3 aromatic rings. The maximum absolute atomic E-state index is 11.8. The van der Waals surface area contributed by atoms with Crippen molar-refractivity contribution < 1.29 is 9.52 Å². The second-order valence-corrected chi connectivity index (χ2v) is 6.62. The Balaban J connectivity index is 1.63. The normalized spacial score (nSPS) is 16.6. The highest BCUT2D eigenvalue weighted by Crippen LogP contribution is 2.22. The number of hydrogen-bond acceptors (Lipinski definition) is 8. The zero-order valence-electron chi connectivity index (χ0n) is 15.1. The highest BCUT2D eigenvalue weighted by Gasteiger charge is 2.18. The Morgan fingerprint density at radius 2 is 2.21 bits per heavy atom. The van der Waals surface area contributed by atoms with Crippen molar-refractivity contribution in [3.8, 4) is 0 Å². The zero-order chi connectivity index (χ0) is 19.5. The summed E-state index contributed by atoms with van der Waals surface area (Å²) in [7, 11) is 0. The molecule has 1 saturated heterocycles. The molecule has 0 aliphatic carbocycles. The molecule has 0 bridgehead atoms. The Kier molecular flexibility index (Phi) is 4.85. The summed E-state index contributed by atoms with van der Waals surface area (Å²) in [6.45, 7) is 1.81. The van der Waals surface area contributed by atoms with Gasteiger partial charge in [-0.3, -0.25) is 4.79 Å². The fraction of sp³-hybridized carbons (Fsp3) is 0.278. The van der Waals surface area contributed by atoms with Gasteiger partial charge < -0.3 is 26.9 Å². The number of aromatic nitrogens is 4. The molecule has 3 heterocycles. The number of amides is 1. The van der Waals surface area contributed by atoms with Crippen LogP contribution in [0.3, 0.4) is 0 Å². The maximum atomic E-state index is 11.8. The fourth-order valence-corrected chi connectivity index (χ4v) is 3.21. The van der Waals surface area contributed by atoms with Crippen molar-refractivity contribution in [3.05, 3.63) is 47.4 Å². The summed E-state index contributed by atoms with van der Waals surface area (Å²) in [6.07, 6.45) is 3.50. The Labute approximate surface area is 160 Å². The standard InChI is InChI=1S/C18H20N8O2/c19-16(27)15-17(23-18(25-24-15)22-13-4-1-7-20-10-13)21-12-5-6-14-11(9-12)3-2-8-26(14)28/h2-3,5-6,8-9,13,20H,1,4,7,10H2,(H2,19,27)(H2,21,22,23,25)/t13-/m0/s1. The third-order valence-electron chi connectivity index (χ3n) is 4.58. The molecule has 5 N–H and O–H groups in total. The molecule has 10 nitrogen and oxygen atoms in total. The van der Waals surface area contributed by atoms with E-state index in [2.05, 4.69) is 31.1 Å². The molecule has 4 rings (SSSR count). The minimum atomic E-state index is -0.730. The molecule has 1 atom stereocenters. The lowest BCUT2D eigenvalue weighted by Gasteiger charge is -2.23. The van der Waals surface area contributed by atoms with E-state index in [0.29, 0.717) is 17.2 Å². The van der Waals surface area contributed by atoms with Gasteiger partial charge >= 0.3 is 0 Å². The summed E-state index contributed by atoms with van der Waals surface area (Å²) in [4.78, 5) is 16.1. The van der Waals surface area contributed by atoms with Gasteiger partial charge in [0, 0.05) is 35.8 Å². The lowest BCUT2D eigenvalue weighted by atomic mass is 10.1. The monoisotopic (exact) mass is 380 g/mol. The Morgan fingerprint density at radius 1 is 1.32 bits per heavy atom. The molecule has 0 radical (unpaired) electrons. The van der Waals surface area contributed by atoms with E-state index in [-0.39, 0.29) is 17.6 Å². The predicted octanol–water partition coefficient (Wildman–Crippen LogP) is 0.665. The predicted molar refractivity (Wildman–Crippen MR) is 104 cm³/mol. The van der Waals surface area contributed by atoms with Gasteiger partial charge in [-0.15, -0.1) is 10.2 Å². The first-order chi connectivity index (χ1) is 13.6. The number of nitrogens with zero attached hydrogens (tertiary/aromatic N) is 4. The van der Waals surface area contributed by atoms with Crippen molar-refractivity contribution in [3.63, 3.8) is 0 Å². The zero-order valence-corrected chi connectivity index (χ0v) is 15.1. The number of benzene rings is 1. The minimum Gasteiger partial charge on any atom is -0.618 e. The quantitative estimate of drug-likeness (QED) is 0.373. The Bertz CT molecular complexity index is 1020. The van der Waals surface area contributed by atoms with Gasteiger partial charge in [-0.05, 0) is 37.6 Å². The van der Waals surface area contributed by atoms with Crippen LogP contribution in [0.2, 0.25) is 0 Å². The van der Waals surface area contributed by atoms with E-state index >= 15 is 0 Å². The van der Waals surface area contributed by atoms with Crippen LogP contribution in [0.25, 0.3) is 10.9 Å². The van der Waals surface area contributed by atoms with Crippen molar-refractivity contribution in [2.45, 2.75) is 18.9 Å². The lowest BCUT2D eigenvalue weighted by Crippen LogP contribution is -2.39. The number of nitrogens with two attached hydrogens (primary N) is 1. The highest BCUT2D eigenvalue weighted by atomic mass is 16.5. The van der Waals surface area contributed by atoms with Gasteiger partial charge in [0.25, 0.3) is 5.91 Å². The molecule has 0 spiro atoms. The van der Waals surface area contributed by atoms with Crippen molar-refractivity contribution >= 4 is 34.3 Å². The molecule has 144 valence electrons. The van der Waals surface area contributed by atoms with E-state index in [1.54, 1.807) is 24.3 Å². The van der Waals surface area contributed by atoms with E-state index < -0.39 is 5.91 Å². The molecule has 10 heteroatoms. The minimum absolute atomic E-state index is 0.0561. The first-order valence-electron chi connectivity index (χ1n) is 9.01. The fourth-order valence-electron chi connectivity index (χ4n) is 3.21. The molecule has 1 amide bonds. The van der Waals surface area contributed by atoms with Crippen molar-refractivity contribution in [1.82, 2.24) is 20.5 Å². The molecule has 0 unspecified atom stereocenters. The Hall–Kier alpha value is -3.53. The second kappa shape index (κ2) is 7.61. The number of primary amides is 1. The van der Waals surface area contributed by atoms with Gasteiger partial charge in [0.15, 0.2) is 17.7 Å². The summed E-state index contributed by atoms with van der Waals surface area (Å²) in [5.41, 5.74) is 6.54. The summed E-state index contributed by atoms with van der Waals surface area (Å²) in [6, 6.07) is 8.88. The lowest BCUT2D eigenvalue weighted by molar-refractivity contribution is -0.577. The average Bonchev–Trinajstić information content (AvgIpc) is 2.69.